The number of aliphatic hydroxyl groups is 3. The Morgan fingerprint density at radius 2 is 1.95 bits per heavy atom. The Hall–Kier alpha value is -1.92. The molecule has 21 heavy (non-hydrogen) atoms. The van der Waals surface area contributed by atoms with Crippen LogP contribution >= 0.6 is 0 Å². The predicted octanol–water partition coefficient (Wildman–Crippen LogP) is 3.17. The normalized spacial score (nSPS) is 17.9. The van der Waals surface area contributed by atoms with Crippen LogP contribution in [-0.2, 0) is 0 Å². The van der Waals surface area contributed by atoms with Gasteiger partial charge >= 0.3 is 0 Å². The van der Waals surface area contributed by atoms with Crippen molar-refractivity contribution in [2.45, 2.75) is 38.7 Å². The highest BCUT2D eigenvalue weighted by atomic mass is 16.5. The summed E-state index contributed by atoms with van der Waals surface area (Å²) >= 11 is 0. The summed E-state index contributed by atoms with van der Waals surface area (Å²) in [5.41, 5.74) is 0.481. The van der Waals surface area contributed by atoms with Crippen LogP contribution in [0.5, 0.6) is 5.75 Å². The third kappa shape index (κ3) is 3.22. The molecule has 2 rings (SSSR count). The maximum absolute atomic E-state index is 9.84. The fourth-order valence-corrected chi connectivity index (χ4v) is 2.24. The number of hydroxylamine groups is 1. The Bertz CT molecular complexity index is 529. The molecule has 0 aliphatic carbocycles. The Kier molecular flexibility index (Phi) is 4.93. The van der Waals surface area contributed by atoms with Crippen LogP contribution in [0.2, 0.25) is 0 Å². The SMILES string of the molecule is CCCCCCOc1ccc2c(c1)N(O)C(O)=C(O)C2O. The van der Waals surface area contributed by atoms with Crippen molar-refractivity contribution >= 4 is 5.69 Å². The van der Waals surface area contributed by atoms with Gasteiger partial charge in [-0.25, -0.2) is 0 Å². The van der Waals surface area contributed by atoms with Gasteiger partial charge in [0.05, 0.1) is 12.3 Å². The van der Waals surface area contributed by atoms with Crippen LogP contribution in [0.1, 0.15) is 44.3 Å². The lowest BCUT2D eigenvalue weighted by Gasteiger charge is -2.28. The van der Waals surface area contributed by atoms with Crippen LogP contribution in [0, 0.1) is 0 Å². The summed E-state index contributed by atoms with van der Waals surface area (Å²) in [5.74, 6) is -0.931. The second-order valence-corrected chi connectivity index (χ2v) is 5.05. The first kappa shape index (κ1) is 15.5. The van der Waals surface area contributed by atoms with Gasteiger partial charge in [-0.15, -0.1) is 0 Å². The van der Waals surface area contributed by atoms with Crippen molar-refractivity contribution in [2.24, 2.45) is 0 Å². The molecule has 1 aromatic rings. The second-order valence-electron chi connectivity index (χ2n) is 5.05. The lowest BCUT2D eigenvalue weighted by atomic mass is 10.0. The average Bonchev–Trinajstić information content (AvgIpc) is 2.50. The molecule has 0 saturated carbocycles. The predicted molar refractivity (Wildman–Crippen MR) is 77.6 cm³/mol. The molecule has 0 bridgehead atoms. The minimum atomic E-state index is -1.36. The molecule has 4 N–H and O–H groups in total. The first-order chi connectivity index (χ1) is 10.1. The number of anilines is 1. The Morgan fingerprint density at radius 1 is 1.19 bits per heavy atom. The van der Waals surface area contributed by atoms with Gasteiger partial charge in [0.25, 0.3) is 5.88 Å². The van der Waals surface area contributed by atoms with Gasteiger partial charge in [-0.2, -0.15) is 5.06 Å². The summed E-state index contributed by atoms with van der Waals surface area (Å²) in [6.45, 7) is 2.71. The molecule has 6 heteroatoms. The van der Waals surface area contributed by atoms with Gasteiger partial charge in [-0.1, -0.05) is 32.3 Å². The number of benzene rings is 1. The van der Waals surface area contributed by atoms with E-state index in [1.54, 1.807) is 12.1 Å². The lowest BCUT2D eigenvalue weighted by molar-refractivity contribution is 0.110. The summed E-state index contributed by atoms with van der Waals surface area (Å²) in [7, 11) is 0. The molecule has 1 unspecified atom stereocenters. The summed E-state index contributed by atoms with van der Waals surface area (Å²) < 4.78 is 5.58. The van der Waals surface area contributed by atoms with E-state index in [1.165, 1.54) is 12.5 Å². The molecule has 1 heterocycles. The van der Waals surface area contributed by atoms with Crippen LogP contribution < -0.4 is 9.80 Å². The van der Waals surface area contributed by atoms with E-state index in [2.05, 4.69) is 6.92 Å². The number of rotatable bonds is 6. The fraction of sp³-hybridized carbons (Fsp3) is 0.467. The zero-order chi connectivity index (χ0) is 15.4. The maximum Gasteiger partial charge on any atom is 0.258 e. The highest BCUT2D eigenvalue weighted by Crippen LogP contribution is 2.38. The van der Waals surface area contributed by atoms with Crippen LogP contribution in [-0.4, -0.2) is 27.1 Å². The zero-order valence-corrected chi connectivity index (χ0v) is 12.0. The summed E-state index contributed by atoms with van der Waals surface area (Å²) in [6, 6.07) is 4.72. The maximum atomic E-state index is 9.84. The number of nitrogens with zero attached hydrogens (tertiary/aromatic N) is 1. The minimum absolute atomic E-state index is 0.184. The summed E-state index contributed by atoms with van der Waals surface area (Å²) in [5, 5.41) is 39.1. The Labute approximate surface area is 123 Å². The van der Waals surface area contributed by atoms with Crippen molar-refractivity contribution in [3.63, 3.8) is 0 Å². The summed E-state index contributed by atoms with van der Waals surface area (Å²) in [4.78, 5) is 0. The molecular formula is C15H21NO5. The lowest BCUT2D eigenvalue weighted by Crippen LogP contribution is -2.27. The number of unbranched alkanes of at least 4 members (excludes halogenated alkanes) is 3. The van der Waals surface area contributed by atoms with Crippen molar-refractivity contribution in [2.75, 3.05) is 11.7 Å². The molecule has 1 aliphatic heterocycles. The fourth-order valence-electron chi connectivity index (χ4n) is 2.24. The molecule has 1 aromatic carbocycles. The van der Waals surface area contributed by atoms with Gasteiger partial charge in [-0.3, -0.25) is 5.21 Å². The standard InChI is InChI=1S/C15H21NO5/c1-2-3-4-5-8-21-10-6-7-11-12(9-10)16(20)15(19)14(18)13(11)17/h6-7,9,13,17-20H,2-5,8H2,1H3. The van der Waals surface area contributed by atoms with Crippen LogP contribution in [0.4, 0.5) is 5.69 Å². The Balaban J connectivity index is 2.07. The van der Waals surface area contributed by atoms with E-state index in [4.69, 9.17) is 4.74 Å². The molecule has 0 spiro atoms. The molecular weight excluding hydrogens is 274 g/mol. The van der Waals surface area contributed by atoms with Gasteiger partial charge in [0, 0.05) is 11.6 Å². The highest BCUT2D eigenvalue weighted by Gasteiger charge is 2.31. The number of hydrogen-bond acceptors (Lipinski definition) is 6. The van der Waals surface area contributed by atoms with E-state index >= 15 is 0 Å². The molecule has 0 amide bonds. The minimum Gasteiger partial charge on any atom is -0.505 e. The van der Waals surface area contributed by atoms with E-state index < -0.39 is 17.7 Å². The summed E-state index contributed by atoms with van der Waals surface area (Å²) in [6.07, 6.45) is 3.02. The number of hydrogen-bond donors (Lipinski definition) is 4. The zero-order valence-electron chi connectivity index (χ0n) is 12.0. The van der Waals surface area contributed by atoms with Crippen LogP contribution in [0.15, 0.2) is 29.8 Å². The monoisotopic (exact) mass is 295 g/mol. The molecule has 1 atom stereocenters. The van der Waals surface area contributed by atoms with Gasteiger partial charge in [0.1, 0.15) is 11.9 Å². The molecule has 1 aliphatic rings. The smallest absolute Gasteiger partial charge is 0.258 e. The van der Waals surface area contributed by atoms with E-state index in [9.17, 15) is 20.5 Å². The second kappa shape index (κ2) is 6.69. The molecule has 0 fully saturated rings. The van der Waals surface area contributed by atoms with Crippen LogP contribution in [0.25, 0.3) is 0 Å². The van der Waals surface area contributed by atoms with E-state index in [0.717, 1.165) is 19.3 Å². The largest absolute Gasteiger partial charge is 0.505 e. The first-order valence-electron chi connectivity index (χ1n) is 7.12. The van der Waals surface area contributed by atoms with Crippen molar-refractivity contribution in [3.05, 3.63) is 35.4 Å². The molecule has 0 aromatic heterocycles. The molecule has 6 nitrogen and oxygen atoms in total. The van der Waals surface area contributed by atoms with Gasteiger partial charge in [-0.05, 0) is 12.5 Å². The Morgan fingerprint density at radius 3 is 2.67 bits per heavy atom. The first-order valence-corrected chi connectivity index (χ1v) is 7.12. The van der Waals surface area contributed by atoms with Gasteiger partial charge in [0.15, 0.2) is 5.76 Å². The molecule has 0 radical (unpaired) electrons. The third-order valence-corrected chi connectivity index (χ3v) is 3.48. The van der Waals surface area contributed by atoms with Gasteiger partial charge < -0.3 is 20.1 Å². The number of fused-ring (bicyclic) bond motifs is 1. The molecule has 116 valence electrons. The average molecular weight is 295 g/mol. The number of aliphatic hydroxyl groups excluding tert-OH is 3. The quantitative estimate of drug-likeness (QED) is 0.602. The van der Waals surface area contributed by atoms with Crippen LogP contribution in [0.3, 0.4) is 0 Å². The van der Waals surface area contributed by atoms with Crippen molar-refractivity contribution in [3.8, 4) is 5.75 Å². The van der Waals surface area contributed by atoms with E-state index in [1.807, 2.05) is 0 Å². The van der Waals surface area contributed by atoms with Crippen molar-refractivity contribution in [1.29, 1.82) is 0 Å². The molecule has 0 saturated heterocycles. The highest BCUT2D eigenvalue weighted by molar-refractivity contribution is 5.62. The van der Waals surface area contributed by atoms with Crippen molar-refractivity contribution < 1.29 is 25.3 Å². The van der Waals surface area contributed by atoms with Gasteiger partial charge in [0.2, 0.25) is 0 Å². The topological polar surface area (TPSA) is 93.4 Å². The van der Waals surface area contributed by atoms with Crippen molar-refractivity contribution in [1.82, 2.24) is 0 Å². The third-order valence-electron chi connectivity index (χ3n) is 3.48. The van der Waals surface area contributed by atoms with E-state index in [-0.39, 0.29) is 5.69 Å². The number of ether oxygens (including phenoxy) is 1. The van der Waals surface area contributed by atoms with E-state index in [0.29, 0.717) is 23.0 Å².